The summed E-state index contributed by atoms with van der Waals surface area (Å²) in [5.74, 6) is 2.02. The third-order valence-corrected chi connectivity index (χ3v) is 5.19. The topological polar surface area (TPSA) is 60.0 Å². The first-order valence-corrected chi connectivity index (χ1v) is 9.88. The van der Waals surface area contributed by atoms with Gasteiger partial charge in [-0.05, 0) is 37.1 Å². The van der Waals surface area contributed by atoms with Crippen molar-refractivity contribution in [1.29, 1.82) is 0 Å². The Morgan fingerprint density at radius 2 is 2.00 bits per heavy atom. The molecule has 148 valence electrons. The van der Waals surface area contributed by atoms with Gasteiger partial charge in [0.25, 0.3) is 5.91 Å². The Labute approximate surface area is 169 Å². The maximum atomic E-state index is 12.6. The van der Waals surface area contributed by atoms with Crippen molar-refractivity contribution in [2.45, 2.75) is 18.9 Å². The number of piperidine rings is 1. The van der Waals surface area contributed by atoms with E-state index in [0.29, 0.717) is 30.5 Å². The zero-order valence-electron chi connectivity index (χ0n) is 15.5. The Balaban J connectivity index is 1.32. The van der Waals surface area contributed by atoms with Crippen LogP contribution in [0.15, 0.2) is 42.5 Å². The first-order valence-electron chi connectivity index (χ1n) is 9.50. The van der Waals surface area contributed by atoms with E-state index in [4.69, 9.17) is 25.8 Å². The average molecular weight is 403 g/mol. The van der Waals surface area contributed by atoms with Crippen molar-refractivity contribution in [1.82, 2.24) is 4.90 Å². The second-order valence-electron chi connectivity index (χ2n) is 6.90. The normalized spacial score (nSPS) is 18.5. The highest BCUT2D eigenvalue weighted by Gasteiger charge is 2.24. The van der Waals surface area contributed by atoms with Crippen LogP contribution in [0.2, 0.25) is 5.02 Å². The van der Waals surface area contributed by atoms with E-state index in [-0.39, 0.29) is 18.6 Å². The van der Waals surface area contributed by atoms with Gasteiger partial charge >= 0.3 is 0 Å². The molecule has 2 aliphatic heterocycles. The second-order valence-corrected chi connectivity index (χ2v) is 7.31. The lowest BCUT2D eigenvalue weighted by Gasteiger charge is -2.34. The van der Waals surface area contributed by atoms with Gasteiger partial charge in [0.2, 0.25) is 0 Å². The van der Waals surface area contributed by atoms with E-state index in [9.17, 15) is 4.79 Å². The monoisotopic (exact) mass is 402 g/mol. The number of carbonyl (C=O) groups excluding carboxylic acids is 1. The summed E-state index contributed by atoms with van der Waals surface area (Å²) in [6.45, 7) is 2.51. The summed E-state index contributed by atoms with van der Waals surface area (Å²) in [5.41, 5.74) is 0.968. The van der Waals surface area contributed by atoms with Gasteiger partial charge < -0.3 is 24.4 Å². The first kappa shape index (κ1) is 18.7. The third-order valence-electron chi connectivity index (χ3n) is 4.87. The summed E-state index contributed by atoms with van der Waals surface area (Å²) in [6.07, 6.45) is 1.95. The molecule has 0 unspecified atom stereocenters. The Kier molecular flexibility index (Phi) is 5.76. The number of nitrogens with zero attached hydrogens (tertiary/aromatic N) is 1. The molecule has 2 aliphatic rings. The molecule has 1 amide bonds. The van der Waals surface area contributed by atoms with E-state index >= 15 is 0 Å². The van der Waals surface area contributed by atoms with Crippen LogP contribution in [0.5, 0.6) is 17.2 Å². The van der Waals surface area contributed by atoms with Gasteiger partial charge in [-0.15, -0.1) is 0 Å². The zero-order chi connectivity index (χ0) is 19.3. The van der Waals surface area contributed by atoms with Gasteiger partial charge in [0.1, 0.15) is 19.0 Å². The molecule has 1 N–H and O–H groups in total. The van der Waals surface area contributed by atoms with Gasteiger partial charge in [0.05, 0.1) is 5.02 Å². The van der Waals surface area contributed by atoms with Crippen molar-refractivity contribution in [3.8, 4) is 17.2 Å². The van der Waals surface area contributed by atoms with Crippen LogP contribution in [-0.4, -0.2) is 49.8 Å². The van der Waals surface area contributed by atoms with Crippen LogP contribution in [0.3, 0.4) is 0 Å². The number of rotatable bonds is 5. The SMILES string of the molecule is O=C(COc1ccccc1Cl)N1CCC[C@@H](Nc2ccc3c(c2)OCCO3)C1. The van der Waals surface area contributed by atoms with E-state index in [1.165, 1.54) is 0 Å². The van der Waals surface area contributed by atoms with E-state index in [0.717, 1.165) is 36.6 Å². The zero-order valence-corrected chi connectivity index (χ0v) is 16.3. The number of benzene rings is 2. The Bertz CT molecular complexity index is 845. The number of anilines is 1. The molecule has 2 aromatic rings. The molecule has 4 rings (SSSR count). The molecule has 0 aliphatic carbocycles. The molecule has 0 spiro atoms. The van der Waals surface area contributed by atoms with Crippen molar-refractivity contribution in [3.05, 3.63) is 47.5 Å². The van der Waals surface area contributed by atoms with Crippen LogP contribution >= 0.6 is 11.6 Å². The molecular formula is C21H23ClN2O4. The van der Waals surface area contributed by atoms with Crippen molar-refractivity contribution in [2.24, 2.45) is 0 Å². The fraction of sp³-hybridized carbons (Fsp3) is 0.381. The highest BCUT2D eigenvalue weighted by molar-refractivity contribution is 6.32. The average Bonchev–Trinajstić information content (AvgIpc) is 2.73. The first-order chi connectivity index (χ1) is 13.7. The Hall–Kier alpha value is -2.60. The number of hydrogen-bond donors (Lipinski definition) is 1. The molecule has 0 saturated carbocycles. The number of ether oxygens (including phenoxy) is 3. The molecule has 0 bridgehead atoms. The maximum Gasteiger partial charge on any atom is 0.260 e. The summed E-state index contributed by atoms with van der Waals surface area (Å²) in [7, 11) is 0. The summed E-state index contributed by atoms with van der Waals surface area (Å²) in [5, 5.41) is 4.01. The van der Waals surface area contributed by atoms with Gasteiger partial charge in [-0.3, -0.25) is 4.79 Å². The molecule has 28 heavy (non-hydrogen) atoms. The Morgan fingerprint density at radius 3 is 2.86 bits per heavy atom. The van der Waals surface area contributed by atoms with E-state index in [2.05, 4.69) is 5.32 Å². The molecule has 2 heterocycles. The quantitative estimate of drug-likeness (QED) is 0.828. The molecule has 1 fully saturated rings. The standard InChI is InChI=1S/C21H23ClN2O4/c22-17-5-1-2-6-18(17)28-14-21(25)24-9-3-4-16(13-24)23-15-7-8-19-20(12-15)27-11-10-26-19/h1-2,5-8,12,16,23H,3-4,9-11,13-14H2/t16-/m1/s1. The molecule has 0 radical (unpaired) electrons. The van der Waals surface area contributed by atoms with Crippen LogP contribution in [0.4, 0.5) is 5.69 Å². The molecule has 6 nitrogen and oxygen atoms in total. The van der Waals surface area contributed by atoms with Gasteiger partial charge in [0.15, 0.2) is 18.1 Å². The van der Waals surface area contributed by atoms with Gasteiger partial charge in [-0.25, -0.2) is 0 Å². The highest BCUT2D eigenvalue weighted by Crippen LogP contribution is 2.33. The summed E-state index contributed by atoms with van der Waals surface area (Å²) < 4.78 is 16.8. The molecule has 7 heteroatoms. The van der Waals surface area contributed by atoms with Crippen LogP contribution in [0.1, 0.15) is 12.8 Å². The smallest absolute Gasteiger partial charge is 0.260 e. The maximum absolute atomic E-state index is 12.6. The Morgan fingerprint density at radius 1 is 1.18 bits per heavy atom. The minimum atomic E-state index is -0.0337. The number of nitrogens with one attached hydrogen (secondary N) is 1. The number of carbonyl (C=O) groups is 1. The van der Waals surface area contributed by atoms with Crippen LogP contribution in [0, 0.1) is 0 Å². The fourth-order valence-electron chi connectivity index (χ4n) is 3.48. The number of halogens is 1. The predicted molar refractivity (Wildman–Crippen MR) is 108 cm³/mol. The molecule has 1 saturated heterocycles. The number of hydrogen-bond acceptors (Lipinski definition) is 5. The minimum absolute atomic E-state index is 0.0134. The van der Waals surface area contributed by atoms with Crippen molar-refractivity contribution in [2.75, 3.05) is 38.2 Å². The number of likely N-dealkylation sites (tertiary alicyclic amines) is 1. The van der Waals surface area contributed by atoms with Gasteiger partial charge in [-0.1, -0.05) is 23.7 Å². The van der Waals surface area contributed by atoms with Crippen LogP contribution in [-0.2, 0) is 4.79 Å². The van der Waals surface area contributed by atoms with Gasteiger partial charge in [-0.2, -0.15) is 0 Å². The van der Waals surface area contributed by atoms with E-state index < -0.39 is 0 Å². The number of amides is 1. The van der Waals surface area contributed by atoms with Crippen LogP contribution < -0.4 is 19.5 Å². The number of para-hydroxylation sites is 1. The number of fused-ring (bicyclic) bond motifs is 1. The fourth-order valence-corrected chi connectivity index (χ4v) is 3.67. The lowest BCUT2D eigenvalue weighted by Crippen LogP contribution is -2.46. The van der Waals surface area contributed by atoms with Crippen molar-refractivity contribution in [3.63, 3.8) is 0 Å². The lowest BCUT2D eigenvalue weighted by molar-refractivity contribution is -0.134. The van der Waals surface area contributed by atoms with Crippen molar-refractivity contribution >= 4 is 23.2 Å². The van der Waals surface area contributed by atoms with E-state index in [1.54, 1.807) is 12.1 Å². The molecule has 1 atom stereocenters. The molecule has 0 aromatic heterocycles. The third kappa shape index (κ3) is 4.44. The van der Waals surface area contributed by atoms with E-state index in [1.807, 2.05) is 35.2 Å². The lowest BCUT2D eigenvalue weighted by atomic mass is 10.1. The summed E-state index contributed by atoms with van der Waals surface area (Å²) in [6, 6.07) is 13.2. The largest absolute Gasteiger partial charge is 0.486 e. The van der Waals surface area contributed by atoms with Crippen molar-refractivity contribution < 1.29 is 19.0 Å². The minimum Gasteiger partial charge on any atom is -0.486 e. The molecule has 2 aromatic carbocycles. The predicted octanol–water partition coefficient (Wildman–Crippen LogP) is 3.59. The van der Waals surface area contributed by atoms with Crippen LogP contribution in [0.25, 0.3) is 0 Å². The summed E-state index contributed by atoms with van der Waals surface area (Å²) in [4.78, 5) is 14.4. The van der Waals surface area contributed by atoms with Gasteiger partial charge in [0, 0.05) is 30.9 Å². The molecular weight excluding hydrogens is 380 g/mol. The second kappa shape index (κ2) is 8.61. The summed E-state index contributed by atoms with van der Waals surface area (Å²) >= 11 is 6.08. The highest BCUT2D eigenvalue weighted by atomic mass is 35.5.